The molecule has 0 spiro atoms. The summed E-state index contributed by atoms with van der Waals surface area (Å²) in [5.41, 5.74) is 0.0768. The number of amides is 1. The molecule has 0 aliphatic heterocycles. The van der Waals surface area contributed by atoms with Crippen molar-refractivity contribution in [3.05, 3.63) is 23.2 Å². The molecule has 0 aromatic carbocycles. The van der Waals surface area contributed by atoms with Crippen LogP contribution in [-0.4, -0.2) is 23.0 Å². The van der Waals surface area contributed by atoms with Gasteiger partial charge < -0.3 is 14.8 Å². The summed E-state index contributed by atoms with van der Waals surface area (Å²) in [4.78, 5) is 23.3. The second kappa shape index (κ2) is 6.33. The van der Waals surface area contributed by atoms with Crippen molar-refractivity contribution < 1.29 is 19.1 Å². The molecular formula is C16H23NO4. The zero-order chi connectivity index (χ0) is 15.6. The van der Waals surface area contributed by atoms with Crippen LogP contribution in [0.1, 0.15) is 66.7 Å². The van der Waals surface area contributed by atoms with Crippen molar-refractivity contribution in [1.29, 1.82) is 0 Å². The second-order valence-electron chi connectivity index (χ2n) is 6.08. The minimum Gasteiger partial charge on any atom is -0.478 e. The summed E-state index contributed by atoms with van der Waals surface area (Å²) >= 11 is 0. The van der Waals surface area contributed by atoms with Crippen LogP contribution in [0.25, 0.3) is 0 Å². The molecule has 2 N–H and O–H groups in total. The summed E-state index contributed by atoms with van der Waals surface area (Å²) in [7, 11) is 0. The van der Waals surface area contributed by atoms with E-state index in [0.717, 1.165) is 19.3 Å². The third-order valence-electron chi connectivity index (χ3n) is 4.33. The van der Waals surface area contributed by atoms with Gasteiger partial charge in [0, 0.05) is 18.5 Å². The molecule has 5 nitrogen and oxygen atoms in total. The van der Waals surface area contributed by atoms with E-state index in [1.807, 2.05) is 0 Å². The van der Waals surface area contributed by atoms with Gasteiger partial charge in [-0.2, -0.15) is 0 Å². The van der Waals surface area contributed by atoms with E-state index >= 15 is 0 Å². The molecule has 1 fully saturated rings. The molecule has 1 saturated carbocycles. The maximum absolute atomic E-state index is 12.2. The Kier molecular flexibility index (Phi) is 4.70. The van der Waals surface area contributed by atoms with Gasteiger partial charge in [0.25, 0.3) is 5.91 Å². The second-order valence-corrected chi connectivity index (χ2v) is 6.08. The number of nitrogens with one attached hydrogen (secondary N) is 1. The molecule has 3 unspecified atom stereocenters. The first kappa shape index (κ1) is 15.6. The molecule has 1 amide bonds. The molecule has 1 aliphatic carbocycles. The van der Waals surface area contributed by atoms with Crippen LogP contribution < -0.4 is 5.32 Å². The van der Waals surface area contributed by atoms with Crippen molar-refractivity contribution in [1.82, 2.24) is 5.32 Å². The van der Waals surface area contributed by atoms with Crippen molar-refractivity contribution in [3.8, 4) is 0 Å². The molecule has 0 saturated heterocycles. The Hall–Kier alpha value is -1.78. The number of carboxylic acid groups (broad SMARTS) is 1. The monoisotopic (exact) mass is 293 g/mol. The van der Waals surface area contributed by atoms with Crippen LogP contribution in [0.5, 0.6) is 0 Å². The van der Waals surface area contributed by atoms with E-state index in [4.69, 9.17) is 9.52 Å². The van der Waals surface area contributed by atoms with Crippen LogP contribution in [0.15, 0.2) is 10.5 Å². The van der Waals surface area contributed by atoms with Gasteiger partial charge in [-0.1, -0.05) is 20.8 Å². The molecule has 0 radical (unpaired) electrons. The van der Waals surface area contributed by atoms with Gasteiger partial charge in [-0.05, 0) is 31.1 Å². The molecule has 116 valence electrons. The molecule has 3 atom stereocenters. The first-order valence-electron chi connectivity index (χ1n) is 7.59. The number of aryl methyl sites for hydroxylation is 1. The van der Waals surface area contributed by atoms with E-state index in [9.17, 15) is 9.59 Å². The molecular weight excluding hydrogens is 270 g/mol. The molecule has 1 aromatic heterocycles. The Morgan fingerprint density at radius 1 is 1.38 bits per heavy atom. The molecule has 21 heavy (non-hydrogen) atoms. The highest BCUT2D eigenvalue weighted by molar-refractivity contribution is 5.96. The fourth-order valence-corrected chi connectivity index (χ4v) is 3.10. The minimum absolute atomic E-state index is 0.0768. The fourth-order valence-electron chi connectivity index (χ4n) is 3.10. The Morgan fingerprint density at radius 2 is 2.10 bits per heavy atom. The summed E-state index contributed by atoms with van der Waals surface area (Å²) in [6.45, 7) is 6.17. The quantitative estimate of drug-likeness (QED) is 0.894. The van der Waals surface area contributed by atoms with E-state index in [2.05, 4.69) is 19.2 Å². The SMILES string of the molecule is CCc1oc(C(=O)NC2CCC(C)CC2C)cc1C(=O)O. The summed E-state index contributed by atoms with van der Waals surface area (Å²) in [5, 5.41) is 12.1. The van der Waals surface area contributed by atoms with E-state index < -0.39 is 5.97 Å². The normalized spacial score (nSPS) is 25.6. The lowest BCUT2D eigenvalue weighted by Gasteiger charge is -2.32. The Morgan fingerprint density at radius 3 is 2.62 bits per heavy atom. The number of aromatic carboxylic acids is 1. The van der Waals surface area contributed by atoms with Crippen molar-refractivity contribution in [2.24, 2.45) is 11.8 Å². The van der Waals surface area contributed by atoms with E-state index in [1.165, 1.54) is 6.07 Å². The van der Waals surface area contributed by atoms with Crippen LogP contribution in [-0.2, 0) is 6.42 Å². The lowest BCUT2D eigenvalue weighted by molar-refractivity contribution is 0.0694. The topological polar surface area (TPSA) is 79.5 Å². The number of hydrogen-bond acceptors (Lipinski definition) is 3. The third-order valence-corrected chi connectivity index (χ3v) is 4.33. The third kappa shape index (κ3) is 3.46. The average Bonchev–Trinajstić information content (AvgIpc) is 2.86. The van der Waals surface area contributed by atoms with Crippen molar-refractivity contribution in [2.45, 2.75) is 52.5 Å². The van der Waals surface area contributed by atoms with Crippen LogP contribution in [0.2, 0.25) is 0 Å². The van der Waals surface area contributed by atoms with Gasteiger partial charge in [0.15, 0.2) is 5.76 Å². The van der Waals surface area contributed by atoms with Crippen LogP contribution in [0.3, 0.4) is 0 Å². The van der Waals surface area contributed by atoms with Crippen LogP contribution in [0, 0.1) is 11.8 Å². The summed E-state index contributed by atoms with van der Waals surface area (Å²) in [5.74, 6) is 0.186. The number of carboxylic acids is 1. The highest BCUT2D eigenvalue weighted by atomic mass is 16.4. The van der Waals surface area contributed by atoms with E-state index in [-0.39, 0.29) is 23.3 Å². The lowest BCUT2D eigenvalue weighted by Crippen LogP contribution is -2.42. The molecule has 1 aliphatic rings. The molecule has 0 bridgehead atoms. The number of carbonyl (C=O) groups excluding carboxylic acids is 1. The summed E-state index contributed by atoms with van der Waals surface area (Å²) in [6, 6.07) is 1.46. The molecule has 1 heterocycles. The van der Waals surface area contributed by atoms with Crippen molar-refractivity contribution in [3.63, 3.8) is 0 Å². The lowest BCUT2D eigenvalue weighted by atomic mass is 9.80. The predicted molar refractivity (Wildman–Crippen MR) is 78.5 cm³/mol. The molecule has 1 aromatic rings. The van der Waals surface area contributed by atoms with Gasteiger partial charge in [0.2, 0.25) is 0 Å². The van der Waals surface area contributed by atoms with Gasteiger partial charge >= 0.3 is 5.97 Å². The number of furan rings is 1. The Labute approximate surface area is 124 Å². The Bertz CT molecular complexity index is 534. The first-order valence-corrected chi connectivity index (χ1v) is 7.59. The zero-order valence-electron chi connectivity index (χ0n) is 12.8. The molecule has 5 heteroatoms. The van der Waals surface area contributed by atoms with E-state index in [0.29, 0.717) is 24.0 Å². The van der Waals surface area contributed by atoms with Gasteiger partial charge in [-0.3, -0.25) is 4.79 Å². The van der Waals surface area contributed by atoms with Crippen LogP contribution in [0.4, 0.5) is 0 Å². The largest absolute Gasteiger partial charge is 0.478 e. The summed E-state index contributed by atoms with van der Waals surface area (Å²) in [6.07, 6.45) is 3.62. The maximum atomic E-state index is 12.2. The standard InChI is InChI=1S/C16H23NO4/c1-4-13-11(16(19)20)8-14(21-13)15(18)17-12-6-5-9(2)7-10(12)3/h8-10,12H,4-7H2,1-3H3,(H,17,18)(H,19,20). The average molecular weight is 293 g/mol. The Balaban J connectivity index is 2.08. The smallest absolute Gasteiger partial charge is 0.339 e. The highest BCUT2D eigenvalue weighted by Crippen LogP contribution is 2.29. The van der Waals surface area contributed by atoms with Crippen LogP contribution >= 0.6 is 0 Å². The first-order chi connectivity index (χ1) is 9.92. The van der Waals surface area contributed by atoms with E-state index in [1.54, 1.807) is 6.92 Å². The molecule has 2 rings (SSSR count). The number of hydrogen-bond donors (Lipinski definition) is 2. The van der Waals surface area contributed by atoms with Crippen molar-refractivity contribution >= 4 is 11.9 Å². The van der Waals surface area contributed by atoms with Gasteiger partial charge in [-0.25, -0.2) is 4.79 Å². The zero-order valence-corrected chi connectivity index (χ0v) is 12.8. The van der Waals surface area contributed by atoms with Gasteiger partial charge in [0.1, 0.15) is 11.3 Å². The van der Waals surface area contributed by atoms with Crippen molar-refractivity contribution in [2.75, 3.05) is 0 Å². The number of carbonyl (C=O) groups is 2. The summed E-state index contributed by atoms with van der Waals surface area (Å²) < 4.78 is 5.39. The van der Waals surface area contributed by atoms with Gasteiger partial charge in [-0.15, -0.1) is 0 Å². The minimum atomic E-state index is -1.06. The highest BCUT2D eigenvalue weighted by Gasteiger charge is 2.28. The number of rotatable bonds is 4. The van der Waals surface area contributed by atoms with Gasteiger partial charge in [0.05, 0.1) is 0 Å². The maximum Gasteiger partial charge on any atom is 0.339 e. The predicted octanol–water partition coefficient (Wildman–Crippen LogP) is 3.09. The fraction of sp³-hybridized carbons (Fsp3) is 0.625.